The van der Waals surface area contributed by atoms with E-state index in [1.54, 1.807) is 0 Å². The van der Waals surface area contributed by atoms with Crippen molar-refractivity contribution in [3.8, 4) is 0 Å². The van der Waals surface area contributed by atoms with Crippen molar-refractivity contribution in [1.29, 1.82) is 0 Å². The number of nitrogens with two attached hydrogens (primary N) is 1. The molecule has 2 atom stereocenters. The smallest absolute Gasteiger partial charge is 0.306 e. The average molecular weight is 241 g/mol. The Kier molecular flexibility index (Phi) is 5.44. The van der Waals surface area contributed by atoms with Crippen LogP contribution in [0.2, 0.25) is 0 Å². The second kappa shape index (κ2) is 6.39. The molecule has 1 fully saturated rings. The van der Waals surface area contributed by atoms with Crippen LogP contribution in [0.25, 0.3) is 0 Å². The van der Waals surface area contributed by atoms with Crippen LogP contribution in [0.1, 0.15) is 65.7 Å². The van der Waals surface area contributed by atoms with Crippen molar-refractivity contribution >= 4 is 5.97 Å². The Hall–Kier alpha value is -0.570. The van der Waals surface area contributed by atoms with Crippen LogP contribution in [0.4, 0.5) is 0 Å². The molecule has 0 unspecified atom stereocenters. The summed E-state index contributed by atoms with van der Waals surface area (Å²) < 4.78 is 5.37. The largest absolute Gasteiger partial charge is 0.460 e. The van der Waals surface area contributed by atoms with Crippen molar-refractivity contribution in [1.82, 2.24) is 0 Å². The molecule has 2 N–H and O–H groups in total. The summed E-state index contributed by atoms with van der Waals surface area (Å²) in [5.41, 5.74) is 5.77. The van der Waals surface area contributed by atoms with Crippen molar-refractivity contribution in [2.24, 2.45) is 11.7 Å². The lowest BCUT2D eigenvalue weighted by Crippen LogP contribution is -2.34. The van der Waals surface area contributed by atoms with Gasteiger partial charge in [-0.05, 0) is 39.5 Å². The maximum atomic E-state index is 11.8. The first-order valence-corrected chi connectivity index (χ1v) is 6.86. The van der Waals surface area contributed by atoms with Gasteiger partial charge in [0, 0.05) is 12.5 Å². The van der Waals surface area contributed by atoms with Gasteiger partial charge in [0.25, 0.3) is 0 Å². The quantitative estimate of drug-likeness (QED) is 0.756. The summed E-state index contributed by atoms with van der Waals surface area (Å²) in [6, 6.07) is 0.169. The first-order chi connectivity index (χ1) is 7.88. The summed E-state index contributed by atoms with van der Waals surface area (Å²) in [6.07, 6.45) is 7.56. The SMILES string of the molecule is CC(C)(C)OC(=O)C[C@H]1CCCCCC[C@H]1N. The lowest BCUT2D eigenvalue weighted by Gasteiger charge is -2.27. The topological polar surface area (TPSA) is 52.3 Å². The normalized spacial score (nSPS) is 27.1. The van der Waals surface area contributed by atoms with Crippen LogP contribution < -0.4 is 5.73 Å². The van der Waals surface area contributed by atoms with Crippen LogP contribution in [0, 0.1) is 5.92 Å². The molecule has 1 aliphatic rings. The molecule has 1 aliphatic carbocycles. The molecule has 0 heterocycles. The van der Waals surface area contributed by atoms with Gasteiger partial charge in [-0.2, -0.15) is 0 Å². The highest BCUT2D eigenvalue weighted by atomic mass is 16.6. The van der Waals surface area contributed by atoms with E-state index in [0.29, 0.717) is 12.3 Å². The predicted molar refractivity (Wildman–Crippen MR) is 69.6 cm³/mol. The molecule has 0 aliphatic heterocycles. The summed E-state index contributed by atoms with van der Waals surface area (Å²) in [5.74, 6) is 0.212. The minimum Gasteiger partial charge on any atom is -0.460 e. The minimum absolute atomic E-state index is 0.0986. The molecule has 0 bridgehead atoms. The third-order valence-electron chi connectivity index (χ3n) is 3.32. The van der Waals surface area contributed by atoms with Gasteiger partial charge in [-0.25, -0.2) is 0 Å². The summed E-state index contributed by atoms with van der Waals surface area (Å²) in [7, 11) is 0. The van der Waals surface area contributed by atoms with E-state index in [1.807, 2.05) is 20.8 Å². The van der Waals surface area contributed by atoms with Crippen molar-refractivity contribution < 1.29 is 9.53 Å². The van der Waals surface area contributed by atoms with Gasteiger partial charge in [-0.15, -0.1) is 0 Å². The second-order valence-electron chi connectivity index (χ2n) is 6.21. The molecule has 1 rings (SSSR count). The maximum Gasteiger partial charge on any atom is 0.306 e. The highest BCUT2D eigenvalue weighted by molar-refractivity contribution is 5.70. The molecule has 0 radical (unpaired) electrons. The van der Waals surface area contributed by atoms with Gasteiger partial charge in [0.1, 0.15) is 5.60 Å². The number of carbonyl (C=O) groups excluding carboxylic acids is 1. The van der Waals surface area contributed by atoms with E-state index in [9.17, 15) is 4.79 Å². The zero-order valence-electron chi connectivity index (χ0n) is 11.5. The molecule has 0 spiro atoms. The van der Waals surface area contributed by atoms with Crippen LogP contribution in [0.15, 0.2) is 0 Å². The molecular weight excluding hydrogens is 214 g/mol. The number of hydrogen-bond donors (Lipinski definition) is 1. The highest BCUT2D eigenvalue weighted by Crippen LogP contribution is 2.25. The zero-order valence-corrected chi connectivity index (χ0v) is 11.5. The number of hydrogen-bond acceptors (Lipinski definition) is 3. The fraction of sp³-hybridized carbons (Fsp3) is 0.929. The molecule has 0 saturated heterocycles. The molecule has 3 heteroatoms. The van der Waals surface area contributed by atoms with Gasteiger partial charge >= 0.3 is 5.97 Å². The van der Waals surface area contributed by atoms with E-state index in [0.717, 1.165) is 12.8 Å². The Morgan fingerprint density at radius 2 is 1.76 bits per heavy atom. The van der Waals surface area contributed by atoms with Gasteiger partial charge in [0.15, 0.2) is 0 Å². The summed E-state index contributed by atoms with van der Waals surface area (Å²) in [5, 5.41) is 0. The first-order valence-electron chi connectivity index (χ1n) is 6.86. The molecule has 100 valence electrons. The molecule has 1 saturated carbocycles. The Labute approximate surface area is 105 Å². The molecule has 17 heavy (non-hydrogen) atoms. The molecular formula is C14H27NO2. The van der Waals surface area contributed by atoms with Crippen molar-refractivity contribution in [2.45, 2.75) is 77.4 Å². The number of ether oxygens (including phenoxy) is 1. The van der Waals surface area contributed by atoms with Crippen molar-refractivity contribution in [2.75, 3.05) is 0 Å². The van der Waals surface area contributed by atoms with Gasteiger partial charge in [0.2, 0.25) is 0 Å². The van der Waals surface area contributed by atoms with E-state index in [4.69, 9.17) is 10.5 Å². The van der Waals surface area contributed by atoms with Crippen molar-refractivity contribution in [3.63, 3.8) is 0 Å². The number of esters is 1. The van der Waals surface area contributed by atoms with Gasteiger partial charge < -0.3 is 10.5 Å². The number of rotatable bonds is 2. The fourth-order valence-corrected chi connectivity index (χ4v) is 2.44. The van der Waals surface area contributed by atoms with Crippen LogP contribution >= 0.6 is 0 Å². The van der Waals surface area contributed by atoms with Crippen LogP contribution in [-0.2, 0) is 9.53 Å². The Balaban J connectivity index is 2.43. The standard InChI is InChI=1S/C14H27NO2/c1-14(2,3)17-13(16)10-11-8-6-4-5-7-9-12(11)15/h11-12H,4-10,15H2,1-3H3/t11-,12-/m1/s1. The van der Waals surface area contributed by atoms with Gasteiger partial charge in [-0.3, -0.25) is 4.79 Å². The predicted octanol–water partition coefficient (Wildman–Crippen LogP) is 3.02. The zero-order chi connectivity index (χ0) is 12.9. The van der Waals surface area contributed by atoms with E-state index in [1.165, 1.54) is 25.7 Å². The minimum atomic E-state index is -0.386. The van der Waals surface area contributed by atoms with E-state index < -0.39 is 0 Å². The molecule has 0 aromatic rings. The van der Waals surface area contributed by atoms with E-state index >= 15 is 0 Å². The monoisotopic (exact) mass is 241 g/mol. The Morgan fingerprint density at radius 1 is 1.18 bits per heavy atom. The fourth-order valence-electron chi connectivity index (χ4n) is 2.44. The first kappa shape index (κ1) is 14.5. The third-order valence-corrected chi connectivity index (χ3v) is 3.32. The molecule has 0 aromatic heterocycles. The lowest BCUT2D eigenvalue weighted by molar-refractivity contribution is -0.156. The van der Waals surface area contributed by atoms with E-state index in [2.05, 4.69) is 0 Å². The lowest BCUT2D eigenvalue weighted by atomic mass is 9.85. The van der Waals surface area contributed by atoms with Crippen molar-refractivity contribution in [3.05, 3.63) is 0 Å². The average Bonchev–Trinajstić information content (AvgIpc) is 2.15. The third kappa shape index (κ3) is 6.06. The summed E-state index contributed by atoms with van der Waals surface area (Å²) in [4.78, 5) is 11.8. The van der Waals surface area contributed by atoms with Gasteiger partial charge in [0.05, 0.1) is 0 Å². The number of carbonyl (C=O) groups is 1. The summed E-state index contributed by atoms with van der Waals surface area (Å²) >= 11 is 0. The van der Waals surface area contributed by atoms with E-state index in [-0.39, 0.29) is 17.6 Å². The van der Waals surface area contributed by atoms with Crippen LogP contribution in [0.3, 0.4) is 0 Å². The molecule has 0 aromatic carbocycles. The highest BCUT2D eigenvalue weighted by Gasteiger charge is 2.25. The maximum absolute atomic E-state index is 11.8. The van der Waals surface area contributed by atoms with Crippen LogP contribution in [0.5, 0.6) is 0 Å². The molecule has 3 nitrogen and oxygen atoms in total. The molecule has 0 amide bonds. The second-order valence-corrected chi connectivity index (χ2v) is 6.21. The van der Waals surface area contributed by atoms with Gasteiger partial charge in [-0.1, -0.05) is 25.7 Å². The summed E-state index contributed by atoms with van der Waals surface area (Å²) in [6.45, 7) is 5.72. The Morgan fingerprint density at radius 3 is 2.35 bits per heavy atom. The van der Waals surface area contributed by atoms with Crippen LogP contribution in [-0.4, -0.2) is 17.6 Å². The Bertz CT molecular complexity index is 245.